The number of benzene rings is 1. The van der Waals surface area contributed by atoms with Crippen molar-refractivity contribution in [1.29, 1.82) is 0 Å². The quantitative estimate of drug-likeness (QED) is 0.846. The molecule has 0 bridgehead atoms. The molecule has 2 aromatic rings. The zero-order valence-electron chi connectivity index (χ0n) is 10.4. The van der Waals surface area contributed by atoms with Crippen LogP contribution in [0.1, 0.15) is 6.92 Å². The molecule has 1 atom stereocenters. The lowest BCUT2D eigenvalue weighted by Crippen LogP contribution is -2.33. The van der Waals surface area contributed by atoms with Crippen molar-refractivity contribution in [2.24, 2.45) is 5.73 Å². The van der Waals surface area contributed by atoms with Crippen LogP contribution in [0.4, 0.5) is 0 Å². The van der Waals surface area contributed by atoms with Crippen LogP contribution in [0.2, 0.25) is 0 Å². The van der Waals surface area contributed by atoms with Gasteiger partial charge in [-0.3, -0.25) is 4.79 Å². The predicted molar refractivity (Wildman–Crippen MR) is 70.5 cm³/mol. The van der Waals surface area contributed by atoms with Crippen LogP contribution in [0.25, 0.3) is 11.0 Å². The van der Waals surface area contributed by atoms with Crippen LogP contribution >= 0.6 is 0 Å². The summed E-state index contributed by atoms with van der Waals surface area (Å²) in [6.07, 6.45) is 1.18. The normalized spacial score (nSPS) is 12.8. The van der Waals surface area contributed by atoms with E-state index in [2.05, 4.69) is 4.98 Å². The van der Waals surface area contributed by atoms with Crippen molar-refractivity contribution in [3.63, 3.8) is 0 Å². The zero-order chi connectivity index (χ0) is 13.0. The van der Waals surface area contributed by atoms with Crippen molar-refractivity contribution in [3.05, 3.63) is 40.8 Å². The average molecular weight is 247 g/mol. The fraction of sp³-hybridized carbons (Fsp3) is 0.385. The summed E-state index contributed by atoms with van der Waals surface area (Å²) in [6.45, 7) is 3.33. The summed E-state index contributed by atoms with van der Waals surface area (Å²) in [5.74, 6) is 0. The van der Waals surface area contributed by atoms with Crippen LogP contribution in [-0.2, 0) is 11.3 Å². The van der Waals surface area contributed by atoms with E-state index in [4.69, 9.17) is 10.5 Å². The standard InChI is InChI=1S/C13H17N3O2/c1-2-18-10(7-14)9-16-12-6-4-3-5-11(12)15-8-13(16)17/h3-6,8,10H,2,7,9,14H2,1H3. The maximum atomic E-state index is 11.9. The molecule has 96 valence electrons. The summed E-state index contributed by atoms with van der Waals surface area (Å²) in [6, 6.07) is 7.54. The molecule has 1 aromatic heterocycles. The minimum atomic E-state index is -0.154. The van der Waals surface area contributed by atoms with E-state index in [1.54, 1.807) is 4.57 Å². The van der Waals surface area contributed by atoms with Gasteiger partial charge >= 0.3 is 0 Å². The summed E-state index contributed by atoms with van der Waals surface area (Å²) in [4.78, 5) is 16.0. The number of hydrogen-bond donors (Lipinski definition) is 1. The molecule has 0 amide bonds. The number of ether oxygens (including phenoxy) is 1. The van der Waals surface area contributed by atoms with Gasteiger partial charge in [-0.05, 0) is 19.1 Å². The molecule has 0 aliphatic carbocycles. The van der Waals surface area contributed by atoms with Gasteiger partial charge in [0.2, 0.25) is 0 Å². The highest BCUT2D eigenvalue weighted by molar-refractivity contribution is 5.74. The number of nitrogens with zero attached hydrogens (tertiary/aromatic N) is 2. The van der Waals surface area contributed by atoms with E-state index in [9.17, 15) is 4.79 Å². The number of nitrogens with two attached hydrogens (primary N) is 1. The second-order valence-corrected chi connectivity index (χ2v) is 4.01. The van der Waals surface area contributed by atoms with Crippen LogP contribution in [0, 0.1) is 0 Å². The highest BCUT2D eigenvalue weighted by Crippen LogP contribution is 2.09. The van der Waals surface area contributed by atoms with Gasteiger partial charge in [0.1, 0.15) is 0 Å². The second-order valence-electron chi connectivity index (χ2n) is 4.01. The van der Waals surface area contributed by atoms with Gasteiger partial charge in [-0.2, -0.15) is 0 Å². The third kappa shape index (κ3) is 2.57. The molecule has 1 aromatic carbocycles. The first-order valence-corrected chi connectivity index (χ1v) is 6.02. The third-order valence-corrected chi connectivity index (χ3v) is 2.80. The number of aromatic nitrogens is 2. The van der Waals surface area contributed by atoms with Crippen LogP contribution in [0.5, 0.6) is 0 Å². The average Bonchev–Trinajstić information content (AvgIpc) is 2.41. The van der Waals surface area contributed by atoms with E-state index in [1.165, 1.54) is 6.20 Å². The molecule has 5 heteroatoms. The SMILES string of the molecule is CCOC(CN)Cn1c(=O)cnc2ccccc21. The van der Waals surface area contributed by atoms with Gasteiger partial charge in [-0.15, -0.1) is 0 Å². The van der Waals surface area contributed by atoms with Gasteiger partial charge in [0.25, 0.3) is 5.56 Å². The van der Waals surface area contributed by atoms with E-state index in [-0.39, 0.29) is 11.7 Å². The van der Waals surface area contributed by atoms with E-state index < -0.39 is 0 Å². The highest BCUT2D eigenvalue weighted by Gasteiger charge is 2.10. The maximum absolute atomic E-state index is 11.9. The molecular formula is C13H17N3O2. The molecule has 1 unspecified atom stereocenters. The Morgan fingerprint density at radius 3 is 2.94 bits per heavy atom. The minimum absolute atomic E-state index is 0.133. The third-order valence-electron chi connectivity index (χ3n) is 2.80. The van der Waals surface area contributed by atoms with E-state index in [1.807, 2.05) is 31.2 Å². The summed E-state index contributed by atoms with van der Waals surface area (Å²) >= 11 is 0. The fourth-order valence-corrected chi connectivity index (χ4v) is 1.94. The number of hydrogen-bond acceptors (Lipinski definition) is 4. The summed E-state index contributed by atoms with van der Waals surface area (Å²) in [5.41, 5.74) is 7.12. The molecule has 0 fully saturated rings. The summed E-state index contributed by atoms with van der Waals surface area (Å²) in [5, 5.41) is 0. The Labute approximate surface area is 105 Å². The minimum Gasteiger partial charge on any atom is -0.375 e. The number of fused-ring (bicyclic) bond motifs is 1. The van der Waals surface area contributed by atoms with Crippen molar-refractivity contribution >= 4 is 11.0 Å². The van der Waals surface area contributed by atoms with Crippen LogP contribution in [-0.4, -0.2) is 28.8 Å². The highest BCUT2D eigenvalue weighted by atomic mass is 16.5. The largest absolute Gasteiger partial charge is 0.375 e. The van der Waals surface area contributed by atoms with Crippen molar-refractivity contribution in [2.75, 3.05) is 13.2 Å². The molecule has 2 N–H and O–H groups in total. The molecule has 0 saturated carbocycles. The van der Waals surface area contributed by atoms with Gasteiger partial charge in [0.15, 0.2) is 0 Å². The Morgan fingerprint density at radius 2 is 2.22 bits per heavy atom. The molecule has 0 spiro atoms. The fourth-order valence-electron chi connectivity index (χ4n) is 1.94. The monoisotopic (exact) mass is 247 g/mol. The van der Waals surface area contributed by atoms with Gasteiger partial charge < -0.3 is 15.0 Å². The number of rotatable bonds is 5. The Kier molecular flexibility index (Phi) is 4.07. The Bertz CT molecular complexity index is 580. The molecule has 18 heavy (non-hydrogen) atoms. The van der Waals surface area contributed by atoms with Crippen LogP contribution in [0.15, 0.2) is 35.3 Å². The van der Waals surface area contributed by atoms with E-state index >= 15 is 0 Å². The lowest BCUT2D eigenvalue weighted by atomic mass is 10.2. The van der Waals surface area contributed by atoms with Crippen LogP contribution < -0.4 is 11.3 Å². The van der Waals surface area contributed by atoms with Gasteiger partial charge in [-0.25, -0.2) is 4.98 Å². The first-order valence-electron chi connectivity index (χ1n) is 6.02. The second kappa shape index (κ2) is 5.75. The molecule has 0 aliphatic heterocycles. The van der Waals surface area contributed by atoms with Crippen molar-refractivity contribution in [3.8, 4) is 0 Å². The smallest absolute Gasteiger partial charge is 0.269 e. The molecule has 5 nitrogen and oxygen atoms in total. The van der Waals surface area contributed by atoms with Gasteiger partial charge in [0.05, 0.1) is 29.9 Å². The van der Waals surface area contributed by atoms with Crippen LogP contribution in [0.3, 0.4) is 0 Å². The summed E-state index contributed by atoms with van der Waals surface area (Å²) < 4.78 is 7.16. The van der Waals surface area contributed by atoms with Gasteiger partial charge in [-0.1, -0.05) is 12.1 Å². The Hall–Kier alpha value is -1.72. The van der Waals surface area contributed by atoms with Crippen molar-refractivity contribution in [1.82, 2.24) is 9.55 Å². The lowest BCUT2D eigenvalue weighted by molar-refractivity contribution is 0.0569. The van der Waals surface area contributed by atoms with Gasteiger partial charge in [0, 0.05) is 13.2 Å². The Morgan fingerprint density at radius 1 is 1.44 bits per heavy atom. The summed E-state index contributed by atoms with van der Waals surface area (Å²) in [7, 11) is 0. The van der Waals surface area contributed by atoms with Crippen molar-refractivity contribution in [2.45, 2.75) is 19.6 Å². The molecule has 1 heterocycles. The molecule has 0 radical (unpaired) electrons. The zero-order valence-corrected chi connectivity index (χ0v) is 10.4. The first-order chi connectivity index (χ1) is 8.76. The number of para-hydroxylation sites is 2. The van der Waals surface area contributed by atoms with E-state index in [0.717, 1.165) is 11.0 Å². The predicted octanol–water partition coefficient (Wildman–Crippen LogP) is 0.760. The lowest BCUT2D eigenvalue weighted by Gasteiger charge is -2.17. The maximum Gasteiger partial charge on any atom is 0.269 e. The van der Waals surface area contributed by atoms with Crippen molar-refractivity contribution < 1.29 is 4.74 Å². The molecule has 2 rings (SSSR count). The molecular weight excluding hydrogens is 230 g/mol. The first kappa shape index (κ1) is 12.7. The van der Waals surface area contributed by atoms with E-state index in [0.29, 0.717) is 19.7 Å². The Balaban J connectivity index is 2.42. The molecule has 0 aliphatic rings. The molecule has 0 saturated heterocycles. The topological polar surface area (TPSA) is 70.1 Å².